The van der Waals surface area contributed by atoms with E-state index in [-0.39, 0.29) is 0 Å². The lowest BCUT2D eigenvalue weighted by atomic mass is 10.2. The summed E-state index contributed by atoms with van der Waals surface area (Å²) in [5, 5.41) is 8.59. The molecule has 0 radical (unpaired) electrons. The normalized spacial score (nSPS) is 12.2. The molecule has 0 fully saturated rings. The van der Waals surface area contributed by atoms with Gasteiger partial charge in [0.25, 0.3) is 0 Å². The van der Waals surface area contributed by atoms with Crippen LogP contribution in [0.1, 0.15) is 29.1 Å². The van der Waals surface area contributed by atoms with Crippen LogP contribution < -0.4 is 11.2 Å². The van der Waals surface area contributed by atoms with E-state index >= 15 is 0 Å². The van der Waals surface area contributed by atoms with Gasteiger partial charge in [0.15, 0.2) is 0 Å². The molecule has 0 saturated heterocycles. The van der Waals surface area contributed by atoms with Gasteiger partial charge in [0.1, 0.15) is 6.17 Å². The minimum atomic E-state index is -0.820. The first-order valence-electron chi connectivity index (χ1n) is 4.47. The Bertz CT molecular complexity index is 343. The van der Waals surface area contributed by atoms with E-state index in [1.165, 1.54) is 18.3 Å². The van der Waals surface area contributed by atoms with Gasteiger partial charge in [-0.2, -0.15) is 5.48 Å². The highest BCUT2D eigenvalue weighted by atomic mass is 16.5. The van der Waals surface area contributed by atoms with Crippen LogP contribution in [0.4, 0.5) is 0 Å². The van der Waals surface area contributed by atoms with Gasteiger partial charge in [-0.1, -0.05) is 0 Å². The summed E-state index contributed by atoms with van der Waals surface area (Å²) in [4.78, 5) is 15.2. The second-order valence-corrected chi connectivity index (χ2v) is 2.80. The standard InChI is InChI=1S/C9H13N3O3/c1-2-15-9(13)6-3-4-11-7(5-6)8(10)12-14/h3-5,8,12,14H,2,10H2,1H3. The molecule has 0 aliphatic rings. The molecular weight excluding hydrogens is 198 g/mol. The van der Waals surface area contributed by atoms with Crippen molar-refractivity contribution in [3.05, 3.63) is 29.6 Å². The molecule has 1 aromatic rings. The van der Waals surface area contributed by atoms with Crippen LogP contribution in [-0.2, 0) is 4.74 Å². The lowest BCUT2D eigenvalue weighted by molar-refractivity contribution is 0.0525. The SMILES string of the molecule is CCOC(=O)c1ccnc(C(N)NO)c1. The van der Waals surface area contributed by atoms with Crippen molar-refractivity contribution in [3.8, 4) is 0 Å². The Balaban J connectivity index is 2.87. The van der Waals surface area contributed by atoms with Crippen molar-refractivity contribution in [2.45, 2.75) is 13.1 Å². The molecule has 0 aliphatic heterocycles. The van der Waals surface area contributed by atoms with Gasteiger partial charge in [-0.05, 0) is 19.1 Å². The number of aromatic nitrogens is 1. The van der Waals surface area contributed by atoms with E-state index in [4.69, 9.17) is 15.7 Å². The summed E-state index contributed by atoms with van der Waals surface area (Å²) in [6.07, 6.45) is 0.609. The van der Waals surface area contributed by atoms with Crippen molar-refractivity contribution in [2.24, 2.45) is 5.73 Å². The second-order valence-electron chi connectivity index (χ2n) is 2.80. The molecule has 82 valence electrons. The Morgan fingerprint density at radius 2 is 2.53 bits per heavy atom. The molecule has 1 rings (SSSR count). The average molecular weight is 211 g/mol. The minimum Gasteiger partial charge on any atom is -0.462 e. The Labute approximate surface area is 87.0 Å². The molecule has 1 heterocycles. The maximum Gasteiger partial charge on any atom is 0.338 e. The summed E-state index contributed by atoms with van der Waals surface area (Å²) in [7, 11) is 0. The van der Waals surface area contributed by atoms with Crippen molar-refractivity contribution in [1.29, 1.82) is 0 Å². The number of carbonyl (C=O) groups is 1. The second kappa shape index (κ2) is 5.40. The van der Waals surface area contributed by atoms with Crippen LogP contribution in [0.3, 0.4) is 0 Å². The fraction of sp³-hybridized carbons (Fsp3) is 0.333. The smallest absolute Gasteiger partial charge is 0.338 e. The number of carbonyl (C=O) groups excluding carboxylic acids is 1. The quantitative estimate of drug-likeness (QED) is 0.374. The van der Waals surface area contributed by atoms with Crippen LogP contribution in [-0.4, -0.2) is 22.8 Å². The Morgan fingerprint density at radius 3 is 3.13 bits per heavy atom. The zero-order valence-corrected chi connectivity index (χ0v) is 8.30. The van der Waals surface area contributed by atoms with Gasteiger partial charge in [-0.15, -0.1) is 0 Å². The van der Waals surface area contributed by atoms with Crippen LogP contribution in [0.2, 0.25) is 0 Å². The maximum atomic E-state index is 11.3. The number of hydroxylamine groups is 1. The number of pyridine rings is 1. The van der Waals surface area contributed by atoms with Crippen LogP contribution in [0.25, 0.3) is 0 Å². The summed E-state index contributed by atoms with van der Waals surface area (Å²) in [6.45, 7) is 2.03. The third kappa shape index (κ3) is 2.98. The van der Waals surface area contributed by atoms with Gasteiger partial charge in [0.2, 0.25) is 0 Å². The van der Waals surface area contributed by atoms with Crippen LogP contribution in [0.15, 0.2) is 18.3 Å². The van der Waals surface area contributed by atoms with E-state index < -0.39 is 12.1 Å². The highest BCUT2D eigenvalue weighted by Crippen LogP contribution is 2.07. The first-order valence-corrected chi connectivity index (χ1v) is 4.47. The molecule has 0 bridgehead atoms. The number of esters is 1. The van der Waals surface area contributed by atoms with Crippen molar-refractivity contribution in [2.75, 3.05) is 6.61 Å². The van der Waals surface area contributed by atoms with Crippen molar-refractivity contribution >= 4 is 5.97 Å². The Hall–Kier alpha value is -1.50. The number of nitrogens with zero attached hydrogens (tertiary/aromatic N) is 1. The fourth-order valence-corrected chi connectivity index (χ4v) is 1.03. The molecule has 0 spiro atoms. The van der Waals surface area contributed by atoms with Gasteiger partial charge in [0.05, 0.1) is 17.9 Å². The summed E-state index contributed by atoms with van der Waals surface area (Å²) >= 11 is 0. The van der Waals surface area contributed by atoms with Crippen LogP contribution >= 0.6 is 0 Å². The summed E-state index contributed by atoms with van der Waals surface area (Å²) in [6, 6.07) is 2.98. The maximum absolute atomic E-state index is 11.3. The van der Waals surface area contributed by atoms with Crippen LogP contribution in [0, 0.1) is 0 Å². The summed E-state index contributed by atoms with van der Waals surface area (Å²) in [5.74, 6) is -0.439. The number of nitrogens with one attached hydrogen (secondary N) is 1. The molecule has 1 atom stereocenters. The van der Waals surface area contributed by atoms with Crippen molar-refractivity contribution in [3.63, 3.8) is 0 Å². The molecular formula is C9H13N3O3. The van der Waals surface area contributed by atoms with E-state index in [2.05, 4.69) is 4.98 Å². The molecule has 15 heavy (non-hydrogen) atoms. The number of hydrogen-bond acceptors (Lipinski definition) is 6. The molecule has 4 N–H and O–H groups in total. The average Bonchev–Trinajstić information content (AvgIpc) is 2.28. The summed E-state index contributed by atoms with van der Waals surface area (Å²) in [5.41, 5.74) is 8.02. The minimum absolute atomic E-state index is 0.306. The van der Waals surface area contributed by atoms with E-state index in [9.17, 15) is 4.79 Å². The first kappa shape index (κ1) is 11.6. The van der Waals surface area contributed by atoms with Crippen LogP contribution in [0.5, 0.6) is 0 Å². The van der Waals surface area contributed by atoms with Gasteiger partial charge in [0, 0.05) is 6.20 Å². The molecule has 1 aromatic heterocycles. The molecule has 0 saturated carbocycles. The molecule has 6 nitrogen and oxygen atoms in total. The predicted molar refractivity (Wildman–Crippen MR) is 52.0 cm³/mol. The zero-order chi connectivity index (χ0) is 11.3. The van der Waals surface area contributed by atoms with E-state index in [1.807, 2.05) is 5.48 Å². The number of nitrogens with two attached hydrogens (primary N) is 1. The molecule has 6 heteroatoms. The monoisotopic (exact) mass is 211 g/mol. The lowest BCUT2D eigenvalue weighted by Gasteiger charge is -2.09. The molecule has 0 amide bonds. The van der Waals surface area contributed by atoms with E-state index in [0.29, 0.717) is 17.9 Å². The van der Waals surface area contributed by atoms with E-state index in [1.54, 1.807) is 6.92 Å². The van der Waals surface area contributed by atoms with E-state index in [0.717, 1.165) is 0 Å². The zero-order valence-electron chi connectivity index (χ0n) is 8.30. The van der Waals surface area contributed by atoms with Gasteiger partial charge in [-0.3, -0.25) is 4.98 Å². The first-order chi connectivity index (χ1) is 7.19. The van der Waals surface area contributed by atoms with Crippen molar-refractivity contribution in [1.82, 2.24) is 10.5 Å². The molecule has 1 unspecified atom stereocenters. The number of rotatable bonds is 4. The fourth-order valence-electron chi connectivity index (χ4n) is 1.03. The predicted octanol–water partition coefficient (Wildman–Crippen LogP) is 0.194. The van der Waals surface area contributed by atoms with Gasteiger partial charge in [-0.25, -0.2) is 4.79 Å². The topological polar surface area (TPSA) is 97.5 Å². The van der Waals surface area contributed by atoms with Gasteiger partial charge < -0.3 is 15.7 Å². The molecule has 0 aromatic carbocycles. The summed E-state index contributed by atoms with van der Waals surface area (Å²) < 4.78 is 4.81. The third-order valence-corrected chi connectivity index (χ3v) is 1.75. The highest BCUT2D eigenvalue weighted by Gasteiger charge is 2.11. The Morgan fingerprint density at radius 1 is 1.80 bits per heavy atom. The molecule has 0 aliphatic carbocycles. The Kier molecular flexibility index (Phi) is 4.17. The van der Waals surface area contributed by atoms with Crippen molar-refractivity contribution < 1.29 is 14.7 Å². The lowest BCUT2D eigenvalue weighted by Crippen LogP contribution is -2.26. The highest BCUT2D eigenvalue weighted by molar-refractivity contribution is 5.89. The largest absolute Gasteiger partial charge is 0.462 e. The number of hydrogen-bond donors (Lipinski definition) is 3. The number of ether oxygens (including phenoxy) is 1. The van der Waals surface area contributed by atoms with Gasteiger partial charge >= 0.3 is 5.97 Å². The third-order valence-electron chi connectivity index (χ3n) is 1.75.